The molecule has 0 aliphatic rings. The molecule has 3 heteroatoms. The van der Waals surface area contributed by atoms with Crippen LogP contribution in [-0.2, 0) is 11.2 Å². The van der Waals surface area contributed by atoms with Crippen LogP contribution in [0.5, 0.6) is 0 Å². The first-order valence-electron chi connectivity index (χ1n) is 6.05. The Balaban J connectivity index is 2.34. The highest BCUT2D eigenvalue weighted by atomic mass is 16.4. The number of carboxylic acids is 1. The van der Waals surface area contributed by atoms with Crippen LogP contribution in [0.15, 0.2) is 18.2 Å². The Morgan fingerprint density at radius 3 is 2.65 bits per heavy atom. The maximum absolute atomic E-state index is 10.5. The maximum Gasteiger partial charge on any atom is 0.320 e. The Kier molecular flexibility index (Phi) is 5.16. The minimum Gasteiger partial charge on any atom is -0.480 e. The molecule has 0 fully saturated rings. The Labute approximate surface area is 103 Å². The van der Waals surface area contributed by atoms with Gasteiger partial charge in [-0.15, -0.1) is 0 Å². The molecule has 1 aromatic rings. The number of hydrogen-bond acceptors (Lipinski definition) is 2. The van der Waals surface area contributed by atoms with E-state index in [1.165, 1.54) is 16.7 Å². The first-order chi connectivity index (χ1) is 8.00. The number of rotatable bonds is 6. The Bertz CT molecular complexity index is 388. The molecule has 0 aliphatic heterocycles. The van der Waals surface area contributed by atoms with Gasteiger partial charge in [-0.1, -0.05) is 30.2 Å². The van der Waals surface area contributed by atoms with Crippen LogP contribution in [0.3, 0.4) is 0 Å². The lowest BCUT2D eigenvalue weighted by Crippen LogP contribution is -2.29. The van der Waals surface area contributed by atoms with Gasteiger partial charge in [-0.25, -0.2) is 0 Å². The molecule has 1 unspecified atom stereocenters. The van der Waals surface area contributed by atoms with E-state index in [0.29, 0.717) is 6.42 Å². The molecule has 0 saturated carbocycles. The molecule has 0 aliphatic carbocycles. The maximum atomic E-state index is 10.5. The zero-order chi connectivity index (χ0) is 12.8. The summed E-state index contributed by atoms with van der Waals surface area (Å²) in [4.78, 5) is 10.5. The van der Waals surface area contributed by atoms with Gasteiger partial charge in [0.05, 0.1) is 0 Å². The lowest BCUT2D eigenvalue weighted by Gasteiger charge is -2.08. The van der Waals surface area contributed by atoms with E-state index in [4.69, 9.17) is 10.8 Å². The van der Waals surface area contributed by atoms with Gasteiger partial charge in [-0.2, -0.15) is 0 Å². The summed E-state index contributed by atoms with van der Waals surface area (Å²) in [5.74, 6) is -0.906. The lowest BCUT2D eigenvalue weighted by molar-refractivity contribution is -0.138. The number of aryl methyl sites for hydroxylation is 3. The van der Waals surface area contributed by atoms with Crippen molar-refractivity contribution >= 4 is 5.97 Å². The zero-order valence-electron chi connectivity index (χ0n) is 10.6. The molecule has 3 nitrogen and oxygen atoms in total. The predicted octanol–water partition coefficient (Wildman–Crippen LogP) is 2.43. The van der Waals surface area contributed by atoms with E-state index in [1.807, 2.05) is 0 Å². The van der Waals surface area contributed by atoms with Gasteiger partial charge >= 0.3 is 5.97 Å². The number of nitrogens with two attached hydrogens (primary N) is 1. The van der Waals surface area contributed by atoms with Crippen molar-refractivity contribution in [1.82, 2.24) is 0 Å². The fourth-order valence-corrected chi connectivity index (χ4v) is 1.93. The topological polar surface area (TPSA) is 63.3 Å². The molecule has 1 aromatic carbocycles. The van der Waals surface area contributed by atoms with Gasteiger partial charge in [-0.05, 0) is 44.2 Å². The third-order valence-electron chi connectivity index (χ3n) is 3.03. The number of carbonyl (C=O) groups is 1. The van der Waals surface area contributed by atoms with Gasteiger partial charge in [0.1, 0.15) is 6.04 Å². The lowest BCUT2D eigenvalue weighted by atomic mass is 9.99. The average Bonchev–Trinajstić information content (AvgIpc) is 2.26. The minimum atomic E-state index is -0.906. The number of carboxylic acid groups (broad SMARTS) is 1. The van der Waals surface area contributed by atoms with Gasteiger partial charge in [0.25, 0.3) is 0 Å². The molecule has 0 saturated heterocycles. The van der Waals surface area contributed by atoms with Gasteiger partial charge in [0.15, 0.2) is 0 Å². The van der Waals surface area contributed by atoms with E-state index in [9.17, 15) is 4.79 Å². The summed E-state index contributed by atoms with van der Waals surface area (Å²) in [6.45, 7) is 4.20. The second-order valence-electron chi connectivity index (χ2n) is 4.62. The number of benzene rings is 1. The molecule has 0 radical (unpaired) electrons. The molecular weight excluding hydrogens is 214 g/mol. The Morgan fingerprint density at radius 2 is 2.06 bits per heavy atom. The van der Waals surface area contributed by atoms with Crippen molar-refractivity contribution in [1.29, 1.82) is 0 Å². The van der Waals surface area contributed by atoms with Crippen molar-refractivity contribution in [3.05, 3.63) is 34.9 Å². The quantitative estimate of drug-likeness (QED) is 0.744. The molecule has 0 bridgehead atoms. The van der Waals surface area contributed by atoms with Crippen molar-refractivity contribution in [2.45, 2.75) is 45.6 Å². The summed E-state index contributed by atoms with van der Waals surface area (Å²) in [6.07, 6.45) is 3.41. The number of hydrogen-bond donors (Lipinski definition) is 2. The largest absolute Gasteiger partial charge is 0.480 e. The first kappa shape index (κ1) is 13.7. The summed E-state index contributed by atoms with van der Waals surface area (Å²) in [7, 11) is 0. The third kappa shape index (κ3) is 4.57. The smallest absolute Gasteiger partial charge is 0.320 e. The van der Waals surface area contributed by atoms with Crippen LogP contribution in [0.2, 0.25) is 0 Å². The zero-order valence-corrected chi connectivity index (χ0v) is 10.6. The van der Waals surface area contributed by atoms with Crippen LogP contribution in [0, 0.1) is 13.8 Å². The summed E-state index contributed by atoms with van der Waals surface area (Å²) < 4.78 is 0. The van der Waals surface area contributed by atoms with Crippen LogP contribution in [-0.4, -0.2) is 17.1 Å². The SMILES string of the molecule is Cc1ccc(CCCCC(N)C(=O)O)c(C)c1. The van der Waals surface area contributed by atoms with Crippen LogP contribution >= 0.6 is 0 Å². The van der Waals surface area contributed by atoms with Gasteiger partial charge in [0.2, 0.25) is 0 Å². The molecule has 1 atom stereocenters. The van der Waals surface area contributed by atoms with Gasteiger partial charge < -0.3 is 10.8 Å². The molecular formula is C14H21NO2. The highest BCUT2D eigenvalue weighted by Crippen LogP contribution is 2.14. The monoisotopic (exact) mass is 235 g/mol. The van der Waals surface area contributed by atoms with Crippen LogP contribution < -0.4 is 5.73 Å². The molecule has 0 heterocycles. The highest BCUT2D eigenvalue weighted by molar-refractivity contribution is 5.72. The van der Waals surface area contributed by atoms with E-state index in [0.717, 1.165) is 19.3 Å². The van der Waals surface area contributed by atoms with E-state index in [1.54, 1.807) is 0 Å². The Morgan fingerprint density at radius 1 is 1.35 bits per heavy atom. The van der Waals surface area contributed by atoms with Crippen molar-refractivity contribution in [2.24, 2.45) is 5.73 Å². The molecule has 94 valence electrons. The van der Waals surface area contributed by atoms with Crippen molar-refractivity contribution in [3.8, 4) is 0 Å². The molecule has 3 N–H and O–H groups in total. The van der Waals surface area contributed by atoms with Crippen LogP contribution in [0.25, 0.3) is 0 Å². The summed E-state index contributed by atoms with van der Waals surface area (Å²) in [5.41, 5.74) is 9.38. The average molecular weight is 235 g/mol. The fraction of sp³-hybridized carbons (Fsp3) is 0.500. The number of unbranched alkanes of at least 4 members (excludes halogenated alkanes) is 1. The van der Waals surface area contributed by atoms with Crippen LogP contribution in [0.4, 0.5) is 0 Å². The van der Waals surface area contributed by atoms with Crippen LogP contribution in [0.1, 0.15) is 36.0 Å². The molecule has 17 heavy (non-hydrogen) atoms. The van der Waals surface area contributed by atoms with E-state index < -0.39 is 12.0 Å². The second kappa shape index (κ2) is 6.40. The number of aliphatic carboxylic acids is 1. The highest BCUT2D eigenvalue weighted by Gasteiger charge is 2.10. The normalized spacial score (nSPS) is 12.4. The van der Waals surface area contributed by atoms with E-state index in [-0.39, 0.29) is 0 Å². The van der Waals surface area contributed by atoms with E-state index >= 15 is 0 Å². The molecule has 0 amide bonds. The molecule has 1 rings (SSSR count). The standard InChI is InChI=1S/C14H21NO2/c1-10-7-8-12(11(2)9-10)5-3-4-6-13(15)14(16)17/h7-9,13H,3-6,15H2,1-2H3,(H,16,17). The van der Waals surface area contributed by atoms with Crippen molar-refractivity contribution in [3.63, 3.8) is 0 Å². The first-order valence-corrected chi connectivity index (χ1v) is 6.05. The van der Waals surface area contributed by atoms with E-state index in [2.05, 4.69) is 32.0 Å². The van der Waals surface area contributed by atoms with Gasteiger partial charge in [-0.3, -0.25) is 4.79 Å². The Hall–Kier alpha value is -1.35. The third-order valence-corrected chi connectivity index (χ3v) is 3.03. The summed E-state index contributed by atoms with van der Waals surface area (Å²) in [5, 5.41) is 8.65. The van der Waals surface area contributed by atoms with Crippen molar-refractivity contribution < 1.29 is 9.90 Å². The van der Waals surface area contributed by atoms with Crippen molar-refractivity contribution in [2.75, 3.05) is 0 Å². The fourth-order valence-electron chi connectivity index (χ4n) is 1.93. The predicted molar refractivity (Wildman–Crippen MR) is 69.1 cm³/mol. The molecule has 0 spiro atoms. The van der Waals surface area contributed by atoms with Gasteiger partial charge in [0, 0.05) is 0 Å². The second-order valence-corrected chi connectivity index (χ2v) is 4.62. The molecule has 0 aromatic heterocycles. The summed E-state index contributed by atoms with van der Waals surface area (Å²) >= 11 is 0. The summed E-state index contributed by atoms with van der Waals surface area (Å²) in [6, 6.07) is 5.74. The minimum absolute atomic E-state index is 0.556.